The van der Waals surface area contributed by atoms with Crippen molar-refractivity contribution in [3.05, 3.63) is 21.9 Å². The normalized spacial score (nSPS) is 13.5. The van der Waals surface area contributed by atoms with Gasteiger partial charge in [0, 0.05) is 4.88 Å². The molecule has 0 aromatic carbocycles. The zero-order chi connectivity index (χ0) is 10.6. The molecule has 0 aliphatic carbocycles. The summed E-state index contributed by atoms with van der Waals surface area (Å²) in [4.78, 5) is 1.41. The molecule has 2 nitrogen and oxygen atoms in total. The van der Waals surface area contributed by atoms with E-state index in [1.54, 1.807) is 11.3 Å². The van der Waals surface area contributed by atoms with E-state index in [2.05, 4.69) is 37.6 Å². The molecule has 0 fully saturated rings. The maximum absolute atomic E-state index is 5.59. The van der Waals surface area contributed by atoms with Crippen molar-refractivity contribution in [2.45, 2.75) is 39.7 Å². The summed E-state index contributed by atoms with van der Waals surface area (Å²) in [6, 6.07) is 2.52. The Morgan fingerprint density at radius 2 is 2.21 bits per heavy atom. The van der Waals surface area contributed by atoms with Gasteiger partial charge >= 0.3 is 0 Å². The van der Waals surface area contributed by atoms with Crippen molar-refractivity contribution in [2.24, 2.45) is 11.8 Å². The van der Waals surface area contributed by atoms with Gasteiger partial charge in [-0.05, 0) is 35.8 Å². The molecule has 3 heteroatoms. The van der Waals surface area contributed by atoms with Crippen LogP contribution in [-0.2, 0) is 6.42 Å². The van der Waals surface area contributed by atoms with Crippen molar-refractivity contribution in [3.8, 4) is 0 Å². The highest BCUT2D eigenvalue weighted by Crippen LogP contribution is 2.28. The fourth-order valence-corrected chi connectivity index (χ4v) is 2.74. The monoisotopic (exact) mass is 212 g/mol. The lowest BCUT2D eigenvalue weighted by Crippen LogP contribution is -2.29. The van der Waals surface area contributed by atoms with Crippen LogP contribution in [0.15, 0.2) is 11.4 Å². The van der Waals surface area contributed by atoms with E-state index in [1.165, 1.54) is 10.4 Å². The first-order chi connectivity index (χ1) is 6.69. The van der Waals surface area contributed by atoms with Crippen LogP contribution in [-0.4, -0.2) is 0 Å². The van der Waals surface area contributed by atoms with Crippen molar-refractivity contribution in [1.29, 1.82) is 0 Å². The molecule has 14 heavy (non-hydrogen) atoms. The summed E-state index contributed by atoms with van der Waals surface area (Å²) in [5.74, 6) is 6.26. The first-order valence-electron chi connectivity index (χ1n) is 5.21. The van der Waals surface area contributed by atoms with Crippen LogP contribution in [0.2, 0.25) is 0 Å². The minimum atomic E-state index is 0.324. The molecule has 80 valence electrons. The second-order valence-corrected chi connectivity index (χ2v) is 4.96. The fraction of sp³-hybridized carbons (Fsp3) is 0.636. The number of hydrogen-bond donors (Lipinski definition) is 2. The summed E-state index contributed by atoms with van der Waals surface area (Å²) in [5, 5.41) is 2.15. The third-order valence-corrected chi connectivity index (χ3v) is 3.46. The lowest BCUT2D eigenvalue weighted by atomic mass is 10.0. The van der Waals surface area contributed by atoms with E-state index in [0.717, 1.165) is 12.8 Å². The molecule has 0 saturated carbocycles. The topological polar surface area (TPSA) is 38.0 Å². The van der Waals surface area contributed by atoms with Gasteiger partial charge in [0.05, 0.1) is 6.04 Å². The molecule has 0 spiro atoms. The van der Waals surface area contributed by atoms with Crippen molar-refractivity contribution in [1.82, 2.24) is 5.43 Å². The number of nitrogens with two attached hydrogens (primary N) is 1. The third-order valence-electron chi connectivity index (χ3n) is 2.39. The van der Waals surface area contributed by atoms with E-state index in [-0.39, 0.29) is 0 Å². The summed E-state index contributed by atoms with van der Waals surface area (Å²) in [6.45, 7) is 6.64. The minimum absolute atomic E-state index is 0.324. The first-order valence-corrected chi connectivity index (χ1v) is 6.09. The predicted molar refractivity (Wildman–Crippen MR) is 63.2 cm³/mol. The van der Waals surface area contributed by atoms with E-state index in [9.17, 15) is 0 Å². The second kappa shape index (κ2) is 5.49. The van der Waals surface area contributed by atoms with Crippen LogP contribution < -0.4 is 11.3 Å². The van der Waals surface area contributed by atoms with Crippen LogP contribution >= 0.6 is 11.3 Å². The average Bonchev–Trinajstić information content (AvgIpc) is 2.61. The third kappa shape index (κ3) is 2.80. The summed E-state index contributed by atoms with van der Waals surface area (Å²) in [6.07, 6.45) is 2.19. The summed E-state index contributed by atoms with van der Waals surface area (Å²) >= 11 is 1.81. The molecule has 0 amide bonds. The minimum Gasteiger partial charge on any atom is -0.271 e. The standard InChI is InChI=1S/C11H20N2S/c1-4-9-5-6-14-11(9)10(13-12)7-8(2)3/h5-6,8,10,13H,4,7,12H2,1-3H3. The molecule has 0 bridgehead atoms. The van der Waals surface area contributed by atoms with Crippen LogP contribution in [0.5, 0.6) is 0 Å². The first kappa shape index (κ1) is 11.7. The second-order valence-electron chi connectivity index (χ2n) is 4.01. The summed E-state index contributed by atoms with van der Waals surface area (Å²) < 4.78 is 0. The number of thiophene rings is 1. The van der Waals surface area contributed by atoms with Gasteiger partial charge in [-0.25, -0.2) is 0 Å². The number of hydrazine groups is 1. The summed E-state index contributed by atoms with van der Waals surface area (Å²) in [5.41, 5.74) is 4.35. The highest BCUT2D eigenvalue weighted by molar-refractivity contribution is 7.10. The highest BCUT2D eigenvalue weighted by atomic mass is 32.1. The maximum Gasteiger partial charge on any atom is 0.0558 e. The Morgan fingerprint density at radius 1 is 1.50 bits per heavy atom. The summed E-state index contributed by atoms with van der Waals surface area (Å²) in [7, 11) is 0. The van der Waals surface area contributed by atoms with Crippen molar-refractivity contribution < 1.29 is 0 Å². The lowest BCUT2D eigenvalue weighted by molar-refractivity contribution is 0.441. The van der Waals surface area contributed by atoms with Crippen molar-refractivity contribution in [3.63, 3.8) is 0 Å². The Morgan fingerprint density at radius 3 is 2.71 bits per heavy atom. The molecule has 1 aromatic rings. The SMILES string of the molecule is CCc1ccsc1C(CC(C)C)NN. The van der Waals surface area contributed by atoms with Gasteiger partial charge in [0.1, 0.15) is 0 Å². The van der Waals surface area contributed by atoms with Crippen LogP contribution in [0.1, 0.15) is 43.7 Å². The largest absolute Gasteiger partial charge is 0.271 e. The van der Waals surface area contributed by atoms with E-state index >= 15 is 0 Å². The fourth-order valence-electron chi connectivity index (χ4n) is 1.67. The Balaban J connectivity index is 2.77. The molecular formula is C11H20N2S. The number of rotatable bonds is 5. The zero-order valence-corrected chi connectivity index (χ0v) is 10.0. The van der Waals surface area contributed by atoms with Crippen molar-refractivity contribution >= 4 is 11.3 Å². The number of nitrogens with one attached hydrogen (secondary N) is 1. The van der Waals surface area contributed by atoms with E-state index in [0.29, 0.717) is 12.0 Å². The quantitative estimate of drug-likeness (QED) is 0.582. The van der Waals surface area contributed by atoms with Crippen molar-refractivity contribution in [2.75, 3.05) is 0 Å². The lowest BCUT2D eigenvalue weighted by Gasteiger charge is -2.18. The molecule has 0 radical (unpaired) electrons. The molecule has 1 aromatic heterocycles. The molecule has 1 atom stereocenters. The maximum atomic E-state index is 5.59. The zero-order valence-electron chi connectivity index (χ0n) is 9.21. The van der Waals surface area contributed by atoms with Gasteiger partial charge in [0.15, 0.2) is 0 Å². The Bertz CT molecular complexity index is 268. The van der Waals surface area contributed by atoms with Gasteiger partial charge in [-0.2, -0.15) is 0 Å². The van der Waals surface area contributed by atoms with Gasteiger partial charge in [-0.3, -0.25) is 11.3 Å². The predicted octanol–water partition coefficient (Wildman–Crippen LogP) is 2.86. The molecular weight excluding hydrogens is 192 g/mol. The number of hydrogen-bond acceptors (Lipinski definition) is 3. The molecule has 0 aliphatic heterocycles. The van der Waals surface area contributed by atoms with Gasteiger partial charge in [0.2, 0.25) is 0 Å². The van der Waals surface area contributed by atoms with Crippen LogP contribution in [0.4, 0.5) is 0 Å². The Labute approximate surface area is 90.5 Å². The van der Waals surface area contributed by atoms with E-state index in [1.807, 2.05) is 0 Å². The van der Waals surface area contributed by atoms with Gasteiger partial charge in [-0.15, -0.1) is 11.3 Å². The Kier molecular flexibility index (Phi) is 4.58. The van der Waals surface area contributed by atoms with Gasteiger partial charge in [0.25, 0.3) is 0 Å². The molecule has 0 aliphatic rings. The van der Waals surface area contributed by atoms with Crippen LogP contribution in [0.25, 0.3) is 0 Å². The number of aryl methyl sites for hydroxylation is 1. The molecule has 1 unspecified atom stereocenters. The molecule has 1 rings (SSSR count). The smallest absolute Gasteiger partial charge is 0.0558 e. The molecule has 0 saturated heterocycles. The van der Waals surface area contributed by atoms with E-state index in [4.69, 9.17) is 5.84 Å². The van der Waals surface area contributed by atoms with E-state index < -0.39 is 0 Å². The van der Waals surface area contributed by atoms with Crippen LogP contribution in [0.3, 0.4) is 0 Å². The highest BCUT2D eigenvalue weighted by Gasteiger charge is 2.15. The molecule has 1 heterocycles. The van der Waals surface area contributed by atoms with Gasteiger partial charge in [-0.1, -0.05) is 20.8 Å². The van der Waals surface area contributed by atoms with Crippen LogP contribution in [0, 0.1) is 5.92 Å². The average molecular weight is 212 g/mol. The Hall–Kier alpha value is -0.380. The van der Waals surface area contributed by atoms with Gasteiger partial charge < -0.3 is 0 Å². The molecule has 3 N–H and O–H groups in total.